The zero-order valence-electron chi connectivity index (χ0n) is 22.8. The van der Waals surface area contributed by atoms with Gasteiger partial charge in [-0.15, -0.1) is 0 Å². The van der Waals surface area contributed by atoms with Crippen LogP contribution in [0, 0.1) is 6.92 Å². The summed E-state index contributed by atoms with van der Waals surface area (Å²) in [7, 11) is 3.04. The van der Waals surface area contributed by atoms with E-state index < -0.39 is 17.7 Å². The van der Waals surface area contributed by atoms with Gasteiger partial charge in [0.25, 0.3) is 11.7 Å². The van der Waals surface area contributed by atoms with E-state index in [0.717, 1.165) is 12.0 Å². The third-order valence-electron chi connectivity index (χ3n) is 6.50. The first-order chi connectivity index (χ1) is 18.8. The van der Waals surface area contributed by atoms with E-state index in [1.165, 1.54) is 19.1 Å². The van der Waals surface area contributed by atoms with Crippen molar-refractivity contribution in [2.45, 2.75) is 33.2 Å². The normalized spacial score (nSPS) is 16.3. The maximum atomic E-state index is 13.5. The van der Waals surface area contributed by atoms with E-state index in [4.69, 9.17) is 18.9 Å². The first kappa shape index (κ1) is 27.6. The summed E-state index contributed by atoms with van der Waals surface area (Å²) in [6.07, 6.45) is 0.863. The van der Waals surface area contributed by atoms with Gasteiger partial charge in [0, 0.05) is 11.3 Å². The number of nitrogens with zero attached hydrogens (tertiary/aromatic N) is 1. The van der Waals surface area contributed by atoms with Crippen molar-refractivity contribution in [3.63, 3.8) is 0 Å². The quantitative estimate of drug-likeness (QED) is 0.200. The molecule has 8 heteroatoms. The first-order valence-electron chi connectivity index (χ1n) is 12.8. The number of ketones is 1. The fourth-order valence-electron chi connectivity index (χ4n) is 4.63. The van der Waals surface area contributed by atoms with Crippen LogP contribution in [0.4, 0.5) is 5.69 Å². The number of hydrogen-bond acceptors (Lipinski definition) is 7. The Morgan fingerprint density at radius 2 is 1.56 bits per heavy atom. The van der Waals surface area contributed by atoms with E-state index >= 15 is 0 Å². The number of anilines is 1. The van der Waals surface area contributed by atoms with Gasteiger partial charge in [0.2, 0.25) is 0 Å². The lowest BCUT2D eigenvalue weighted by molar-refractivity contribution is -0.132. The number of ether oxygens (including phenoxy) is 4. The highest BCUT2D eigenvalue weighted by Crippen LogP contribution is 2.44. The average molecular weight is 532 g/mol. The van der Waals surface area contributed by atoms with Gasteiger partial charge in [0.1, 0.15) is 17.3 Å². The molecule has 39 heavy (non-hydrogen) atoms. The maximum absolute atomic E-state index is 13.5. The summed E-state index contributed by atoms with van der Waals surface area (Å²) >= 11 is 0. The Balaban J connectivity index is 1.88. The van der Waals surface area contributed by atoms with E-state index in [1.54, 1.807) is 60.7 Å². The van der Waals surface area contributed by atoms with Gasteiger partial charge < -0.3 is 24.1 Å². The van der Waals surface area contributed by atoms with Gasteiger partial charge in [-0.1, -0.05) is 13.0 Å². The summed E-state index contributed by atoms with van der Waals surface area (Å²) in [4.78, 5) is 28.4. The minimum atomic E-state index is -0.918. The Morgan fingerprint density at radius 3 is 2.18 bits per heavy atom. The molecule has 0 saturated carbocycles. The zero-order valence-corrected chi connectivity index (χ0v) is 22.8. The van der Waals surface area contributed by atoms with Crippen LogP contribution in [0.2, 0.25) is 0 Å². The number of Topliss-reactive ketones (excluding diaryl/α,β-unsaturated/α-hetero) is 1. The van der Waals surface area contributed by atoms with Gasteiger partial charge in [0.15, 0.2) is 11.5 Å². The number of carbonyl (C=O) groups excluding carboxylic acids is 2. The van der Waals surface area contributed by atoms with Crippen LogP contribution in [0.15, 0.2) is 66.2 Å². The molecule has 0 spiro atoms. The lowest BCUT2D eigenvalue weighted by Gasteiger charge is -2.26. The molecular weight excluding hydrogens is 498 g/mol. The molecule has 1 unspecified atom stereocenters. The van der Waals surface area contributed by atoms with Crippen molar-refractivity contribution >= 4 is 23.1 Å². The zero-order chi connectivity index (χ0) is 28.1. The van der Waals surface area contributed by atoms with Crippen molar-refractivity contribution in [2.75, 3.05) is 32.3 Å². The first-order valence-corrected chi connectivity index (χ1v) is 12.8. The minimum absolute atomic E-state index is 0.0252. The predicted molar refractivity (Wildman–Crippen MR) is 149 cm³/mol. The fourth-order valence-corrected chi connectivity index (χ4v) is 4.63. The number of carbonyl (C=O) groups is 2. The third-order valence-corrected chi connectivity index (χ3v) is 6.50. The largest absolute Gasteiger partial charge is 0.507 e. The maximum Gasteiger partial charge on any atom is 0.300 e. The molecular formula is C31H33NO7. The molecule has 0 radical (unpaired) electrons. The predicted octanol–water partition coefficient (Wildman–Crippen LogP) is 5.83. The Kier molecular flexibility index (Phi) is 8.44. The molecule has 1 saturated heterocycles. The van der Waals surface area contributed by atoms with Crippen LogP contribution in [0.3, 0.4) is 0 Å². The Labute approximate surface area is 228 Å². The standard InChI is InChI=1S/C31H33NO7/c1-6-16-39-24-14-9-21(17-19(24)3)29(33)27-28(20-8-15-25(36-4)26(18-20)37-5)32(31(35)30(27)34)22-10-12-23(13-11-22)38-7-2/h8-15,17-18,28,33H,6-7,16H2,1-5H3/b29-27-. The molecule has 1 atom stereocenters. The lowest BCUT2D eigenvalue weighted by Crippen LogP contribution is -2.29. The Morgan fingerprint density at radius 1 is 0.872 bits per heavy atom. The smallest absolute Gasteiger partial charge is 0.300 e. The minimum Gasteiger partial charge on any atom is -0.507 e. The molecule has 1 heterocycles. The van der Waals surface area contributed by atoms with Crippen molar-refractivity contribution in [1.29, 1.82) is 0 Å². The van der Waals surface area contributed by atoms with Gasteiger partial charge in [-0.05, 0) is 86.0 Å². The van der Waals surface area contributed by atoms with E-state index in [0.29, 0.717) is 53.0 Å². The van der Waals surface area contributed by atoms with Gasteiger partial charge >= 0.3 is 0 Å². The van der Waals surface area contributed by atoms with Crippen LogP contribution >= 0.6 is 0 Å². The number of benzene rings is 3. The molecule has 8 nitrogen and oxygen atoms in total. The summed E-state index contributed by atoms with van der Waals surface area (Å²) in [5.74, 6) is 0.455. The summed E-state index contributed by atoms with van der Waals surface area (Å²) in [6, 6.07) is 16.3. The molecule has 3 aromatic carbocycles. The number of aryl methyl sites for hydroxylation is 1. The fraction of sp³-hybridized carbons (Fsp3) is 0.290. The molecule has 1 amide bonds. The molecule has 1 N–H and O–H groups in total. The molecule has 1 fully saturated rings. The molecule has 1 aliphatic heterocycles. The summed E-state index contributed by atoms with van der Waals surface area (Å²) in [5.41, 5.74) is 2.24. The lowest BCUT2D eigenvalue weighted by atomic mass is 9.94. The van der Waals surface area contributed by atoms with Gasteiger partial charge in [-0.2, -0.15) is 0 Å². The molecule has 204 valence electrons. The third kappa shape index (κ3) is 5.41. The average Bonchev–Trinajstić information content (AvgIpc) is 3.22. The van der Waals surface area contributed by atoms with Crippen molar-refractivity contribution in [2.24, 2.45) is 0 Å². The topological polar surface area (TPSA) is 94.5 Å². The van der Waals surface area contributed by atoms with E-state index in [2.05, 4.69) is 0 Å². The van der Waals surface area contributed by atoms with E-state index in [1.807, 2.05) is 20.8 Å². The highest BCUT2D eigenvalue weighted by atomic mass is 16.5. The van der Waals surface area contributed by atoms with Crippen LogP contribution in [-0.2, 0) is 9.59 Å². The molecule has 1 aliphatic rings. The highest BCUT2D eigenvalue weighted by Gasteiger charge is 2.47. The molecule has 0 bridgehead atoms. The number of rotatable bonds is 10. The summed E-state index contributed by atoms with van der Waals surface area (Å²) in [6.45, 7) is 6.84. The second kappa shape index (κ2) is 11.9. The van der Waals surface area contributed by atoms with Crippen molar-refractivity contribution in [3.8, 4) is 23.0 Å². The number of hydrogen-bond donors (Lipinski definition) is 1. The molecule has 0 aliphatic carbocycles. The van der Waals surface area contributed by atoms with E-state index in [-0.39, 0.29) is 11.3 Å². The highest BCUT2D eigenvalue weighted by molar-refractivity contribution is 6.51. The molecule has 3 aromatic rings. The second-order valence-corrected chi connectivity index (χ2v) is 9.04. The number of aliphatic hydroxyl groups excluding tert-OH is 1. The monoisotopic (exact) mass is 531 g/mol. The number of aliphatic hydroxyl groups is 1. The van der Waals surface area contributed by atoms with Gasteiger partial charge in [-0.3, -0.25) is 14.5 Å². The van der Waals surface area contributed by atoms with Crippen LogP contribution in [-0.4, -0.2) is 44.2 Å². The van der Waals surface area contributed by atoms with Crippen molar-refractivity contribution < 1.29 is 33.6 Å². The Hall–Kier alpha value is -4.46. The number of amides is 1. The van der Waals surface area contributed by atoms with Crippen molar-refractivity contribution in [1.82, 2.24) is 0 Å². The van der Waals surface area contributed by atoms with E-state index in [9.17, 15) is 14.7 Å². The van der Waals surface area contributed by atoms with Gasteiger partial charge in [0.05, 0.1) is 39.0 Å². The molecule has 4 rings (SSSR count). The number of methoxy groups -OCH3 is 2. The van der Waals surface area contributed by atoms with Gasteiger partial charge in [-0.25, -0.2) is 0 Å². The Bertz CT molecular complexity index is 1390. The van der Waals surface area contributed by atoms with Crippen LogP contribution in [0.5, 0.6) is 23.0 Å². The second-order valence-electron chi connectivity index (χ2n) is 9.04. The summed E-state index contributed by atoms with van der Waals surface area (Å²) in [5, 5.41) is 11.5. The summed E-state index contributed by atoms with van der Waals surface area (Å²) < 4.78 is 22.2. The van der Waals surface area contributed by atoms with Crippen LogP contribution in [0.1, 0.15) is 43.0 Å². The van der Waals surface area contributed by atoms with Crippen molar-refractivity contribution in [3.05, 3.63) is 82.9 Å². The van der Waals surface area contributed by atoms with Crippen LogP contribution < -0.4 is 23.8 Å². The molecule has 0 aromatic heterocycles. The SMILES string of the molecule is CCCOc1ccc(/C(O)=C2/C(=O)C(=O)N(c3ccc(OCC)cc3)C2c2ccc(OC)c(OC)c2)cc1C. The van der Waals surface area contributed by atoms with Crippen LogP contribution in [0.25, 0.3) is 5.76 Å².